The first-order chi connectivity index (χ1) is 16.2. The average molecular weight is 444 g/mol. The van der Waals surface area contributed by atoms with E-state index < -0.39 is 0 Å². The summed E-state index contributed by atoms with van der Waals surface area (Å²) in [7, 11) is 1.65. The molecule has 0 saturated carbocycles. The van der Waals surface area contributed by atoms with E-state index in [1.54, 1.807) is 19.7 Å². The van der Waals surface area contributed by atoms with E-state index in [4.69, 9.17) is 19.4 Å². The fourth-order valence-electron chi connectivity index (χ4n) is 3.74. The highest BCUT2D eigenvalue weighted by Gasteiger charge is 2.20. The molecule has 1 aliphatic heterocycles. The van der Waals surface area contributed by atoms with Gasteiger partial charge in [0.2, 0.25) is 5.95 Å². The van der Waals surface area contributed by atoms with Crippen molar-refractivity contribution in [1.82, 2.24) is 19.5 Å². The maximum absolute atomic E-state index is 5.50. The van der Waals surface area contributed by atoms with Gasteiger partial charge in [0.05, 0.1) is 32.2 Å². The standard InChI is InChI=1S/C24H25N7O2/c1-17-5-3-6-18(13-17)15-26-29-22-21-23(28-24(27-22)30-9-11-33-12-10-30)31(16-25-21)19-7-4-8-20(14-19)32-2/h3-8,13-16H,9-12H2,1-2H3,(H,27,28,29)/b26-15+. The van der Waals surface area contributed by atoms with E-state index in [0.717, 1.165) is 30.1 Å². The fraction of sp³-hybridized carbons (Fsp3) is 0.250. The van der Waals surface area contributed by atoms with Crippen LogP contribution in [0.2, 0.25) is 0 Å². The summed E-state index contributed by atoms with van der Waals surface area (Å²) in [6.07, 6.45) is 3.51. The zero-order chi connectivity index (χ0) is 22.6. The molecule has 5 rings (SSSR count). The number of hydrogen-bond acceptors (Lipinski definition) is 8. The minimum atomic E-state index is 0.548. The second kappa shape index (κ2) is 9.25. The van der Waals surface area contributed by atoms with Gasteiger partial charge in [-0.1, -0.05) is 35.9 Å². The third-order valence-corrected chi connectivity index (χ3v) is 5.44. The lowest BCUT2D eigenvalue weighted by Gasteiger charge is -2.27. The minimum Gasteiger partial charge on any atom is -0.497 e. The summed E-state index contributed by atoms with van der Waals surface area (Å²) < 4.78 is 12.8. The van der Waals surface area contributed by atoms with E-state index in [-0.39, 0.29) is 0 Å². The Hall–Kier alpha value is -3.98. The molecule has 2 aromatic carbocycles. The van der Waals surface area contributed by atoms with Crippen LogP contribution in [0.4, 0.5) is 11.8 Å². The molecule has 0 spiro atoms. The number of nitrogens with one attached hydrogen (secondary N) is 1. The van der Waals surface area contributed by atoms with Crippen molar-refractivity contribution in [3.63, 3.8) is 0 Å². The molecule has 9 heteroatoms. The number of rotatable bonds is 6. The number of morpholine rings is 1. The molecule has 0 bridgehead atoms. The Morgan fingerprint density at radius 3 is 2.76 bits per heavy atom. The topological polar surface area (TPSA) is 89.7 Å². The van der Waals surface area contributed by atoms with Gasteiger partial charge in [0, 0.05) is 19.2 Å². The lowest BCUT2D eigenvalue weighted by molar-refractivity contribution is 0.122. The zero-order valence-electron chi connectivity index (χ0n) is 18.6. The van der Waals surface area contributed by atoms with Gasteiger partial charge >= 0.3 is 0 Å². The van der Waals surface area contributed by atoms with E-state index in [1.165, 1.54) is 5.56 Å². The van der Waals surface area contributed by atoms with Crippen LogP contribution in [0.5, 0.6) is 5.75 Å². The smallest absolute Gasteiger partial charge is 0.229 e. The van der Waals surface area contributed by atoms with Crippen molar-refractivity contribution in [1.29, 1.82) is 0 Å². The van der Waals surface area contributed by atoms with Crippen LogP contribution in [0.25, 0.3) is 16.9 Å². The van der Waals surface area contributed by atoms with Gasteiger partial charge in [-0.15, -0.1) is 0 Å². The lowest BCUT2D eigenvalue weighted by atomic mass is 10.2. The number of methoxy groups -OCH3 is 1. The number of anilines is 2. The maximum Gasteiger partial charge on any atom is 0.229 e. The van der Waals surface area contributed by atoms with Crippen molar-refractivity contribution < 1.29 is 9.47 Å². The van der Waals surface area contributed by atoms with Crippen molar-refractivity contribution in [2.75, 3.05) is 43.7 Å². The van der Waals surface area contributed by atoms with Crippen molar-refractivity contribution >= 4 is 29.1 Å². The van der Waals surface area contributed by atoms with Gasteiger partial charge in [0.15, 0.2) is 17.0 Å². The maximum atomic E-state index is 5.50. The number of hydrogen-bond donors (Lipinski definition) is 1. The van der Waals surface area contributed by atoms with Gasteiger partial charge in [0.1, 0.15) is 12.1 Å². The first kappa shape index (κ1) is 20.9. The Morgan fingerprint density at radius 1 is 1.09 bits per heavy atom. The van der Waals surface area contributed by atoms with Crippen molar-refractivity contribution in [2.45, 2.75) is 6.92 Å². The number of benzene rings is 2. The molecular formula is C24H25N7O2. The van der Waals surface area contributed by atoms with Gasteiger partial charge in [-0.05, 0) is 24.6 Å². The number of aromatic nitrogens is 4. The van der Waals surface area contributed by atoms with Crippen LogP contribution in [-0.2, 0) is 4.74 Å². The number of ether oxygens (including phenoxy) is 2. The normalized spacial score (nSPS) is 14.2. The summed E-state index contributed by atoms with van der Waals surface area (Å²) in [5.74, 6) is 1.92. The molecule has 33 heavy (non-hydrogen) atoms. The second-order valence-electron chi connectivity index (χ2n) is 7.74. The molecule has 0 amide bonds. The Labute approximate surface area is 191 Å². The fourth-order valence-corrected chi connectivity index (χ4v) is 3.74. The molecule has 2 aromatic heterocycles. The molecule has 0 aliphatic carbocycles. The Balaban J connectivity index is 1.55. The van der Waals surface area contributed by atoms with Crippen LogP contribution in [-0.4, -0.2) is 59.1 Å². The molecule has 0 atom stereocenters. The minimum absolute atomic E-state index is 0.548. The van der Waals surface area contributed by atoms with E-state index in [9.17, 15) is 0 Å². The summed E-state index contributed by atoms with van der Waals surface area (Å²) >= 11 is 0. The number of aryl methyl sites for hydroxylation is 1. The van der Waals surface area contributed by atoms with Crippen molar-refractivity contribution in [3.05, 3.63) is 66.0 Å². The summed E-state index contributed by atoms with van der Waals surface area (Å²) in [6.45, 7) is 4.80. The number of hydrazone groups is 1. The molecule has 1 saturated heterocycles. The first-order valence-electron chi connectivity index (χ1n) is 10.8. The molecule has 0 radical (unpaired) electrons. The third kappa shape index (κ3) is 4.49. The molecule has 1 N–H and O–H groups in total. The van der Waals surface area contributed by atoms with Crippen LogP contribution < -0.4 is 15.1 Å². The molecule has 4 aromatic rings. The lowest BCUT2D eigenvalue weighted by Crippen LogP contribution is -2.37. The molecule has 1 aliphatic rings. The average Bonchev–Trinajstić information content (AvgIpc) is 3.29. The quantitative estimate of drug-likeness (QED) is 0.361. The predicted molar refractivity (Wildman–Crippen MR) is 129 cm³/mol. The van der Waals surface area contributed by atoms with Gasteiger partial charge in [-0.3, -0.25) is 9.99 Å². The van der Waals surface area contributed by atoms with Crippen molar-refractivity contribution in [2.24, 2.45) is 5.10 Å². The van der Waals surface area contributed by atoms with Crippen LogP contribution in [0.15, 0.2) is 60.0 Å². The molecule has 0 unspecified atom stereocenters. The van der Waals surface area contributed by atoms with Crippen LogP contribution in [0.1, 0.15) is 11.1 Å². The summed E-state index contributed by atoms with van der Waals surface area (Å²) in [6, 6.07) is 15.9. The van der Waals surface area contributed by atoms with Gasteiger partial charge in [-0.2, -0.15) is 15.1 Å². The van der Waals surface area contributed by atoms with Crippen LogP contribution in [0, 0.1) is 6.92 Å². The summed E-state index contributed by atoms with van der Waals surface area (Å²) in [5, 5.41) is 4.42. The van der Waals surface area contributed by atoms with Crippen molar-refractivity contribution in [3.8, 4) is 11.4 Å². The van der Waals surface area contributed by atoms with E-state index in [2.05, 4.69) is 39.5 Å². The van der Waals surface area contributed by atoms with Gasteiger partial charge in [-0.25, -0.2) is 4.98 Å². The van der Waals surface area contributed by atoms with Gasteiger partial charge in [0.25, 0.3) is 0 Å². The molecule has 9 nitrogen and oxygen atoms in total. The number of nitrogens with zero attached hydrogens (tertiary/aromatic N) is 6. The Kier molecular flexibility index (Phi) is 5.86. The largest absolute Gasteiger partial charge is 0.497 e. The second-order valence-corrected chi connectivity index (χ2v) is 7.74. The van der Waals surface area contributed by atoms with E-state index in [0.29, 0.717) is 36.1 Å². The van der Waals surface area contributed by atoms with Gasteiger partial charge < -0.3 is 14.4 Å². The third-order valence-electron chi connectivity index (χ3n) is 5.44. The monoisotopic (exact) mass is 443 g/mol. The SMILES string of the molecule is COc1cccc(-n2cnc3c(N/N=C/c4cccc(C)c4)nc(N4CCOCC4)nc32)c1. The summed E-state index contributed by atoms with van der Waals surface area (Å²) in [4.78, 5) is 16.3. The number of fused-ring (bicyclic) bond motifs is 1. The van der Waals surface area contributed by atoms with Crippen LogP contribution in [0.3, 0.4) is 0 Å². The molecule has 168 valence electrons. The zero-order valence-corrected chi connectivity index (χ0v) is 18.6. The van der Waals surface area contributed by atoms with E-state index in [1.807, 2.05) is 41.0 Å². The predicted octanol–water partition coefficient (Wildman–Crippen LogP) is 3.42. The molecule has 1 fully saturated rings. The Morgan fingerprint density at radius 2 is 1.94 bits per heavy atom. The Bertz CT molecular complexity index is 1300. The summed E-state index contributed by atoms with van der Waals surface area (Å²) in [5.41, 5.74) is 7.49. The van der Waals surface area contributed by atoms with Crippen LogP contribution >= 0.6 is 0 Å². The highest BCUT2D eigenvalue weighted by Crippen LogP contribution is 2.26. The highest BCUT2D eigenvalue weighted by molar-refractivity contribution is 5.87. The first-order valence-corrected chi connectivity index (χ1v) is 10.8. The highest BCUT2D eigenvalue weighted by atomic mass is 16.5. The molecule has 3 heterocycles. The van der Waals surface area contributed by atoms with E-state index >= 15 is 0 Å². The molecular weight excluding hydrogens is 418 g/mol. The number of imidazole rings is 1.